The summed E-state index contributed by atoms with van der Waals surface area (Å²) in [6, 6.07) is 6.40. The smallest absolute Gasteiger partial charge is 0.225 e. The number of benzene rings is 1. The summed E-state index contributed by atoms with van der Waals surface area (Å²) in [5, 5.41) is 0. The largest absolute Gasteiger partial charge is 0.489 e. The van der Waals surface area contributed by atoms with Gasteiger partial charge in [0.1, 0.15) is 6.61 Å². The zero-order chi connectivity index (χ0) is 14.5. The number of rotatable bonds is 5. The molecule has 4 nitrogen and oxygen atoms in total. The van der Waals surface area contributed by atoms with Crippen LogP contribution in [0.5, 0.6) is 5.75 Å². The Labute approximate surface area is 118 Å². The van der Waals surface area contributed by atoms with Crippen LogP contribution in [0.3, 0.4) is 0 Å². The molecule has 0 heterocycles. The molecule has 1 saturated carbocycles. The van der Waals surface area contributed by atoms with Gasteiger partial charge in [0.15, 0.2) is 11.6 Å². The molecule has 1 fully saturated rings. The summed E-state index contributed by atoms with van der Waals surface area (Å²) in [6.45, 7) is 0.723. The highest BCUT2D eigenvalue weighted by Crippen LogP contribution is 2.25. The lowest BCUT2D eigenvalue weighted by atomic mass is 10.1. The predicted molar refractivity (Wildman–Crippen MR) is 74.8 cm³/mol. The molecule has 0 spiro atoms. The fraction of sp³-hybridized carbons (Fsp3) is 0.533. The number of amides is 1. The molecule has 0 bridgehead atoms. The minimum Gasteiger partial charge on any atom is -0.489 e. The first-order chi connectivity index (χ1) is 9.58. The molecule has 110 valence electrons. The first-order valence-corrected chi connectivity index (χ1v) is 6.96. The summed E-state index contributed by atoms with van der Waals surface area (Å²) in [5.74, 6) is -0.0296. The number of nitrogens with zero attached hydrogens (tertiary/aromatic N) is 1. The Morgan fingerprint density at radius 3 is 2.85 bits per heavy atom. The Balaban J connectivity index is 1.76. The minimum atomic E-state index is -0.386. The van der Waals surface area contributed by atoms with Crippen LogP contribution < -0.4 is 10.5 Å². The van der Waals surface area contributed by atoms with Gasteiger partial charge < -0.3 is 15.4 Å². The van der Waals surface area contributed by atoms with Crippen LogP contribution in [-0.4, -0.2) is 37.0 Å². The van der Waals surface area contributed by atoms with Gasteiger partial charge in [-0.2, -0.15) is 0 Å². The molecule has 0 unspecified atom stereocenters. The maximum absolute atomic E-state index is 13.3. The van der Waals surface area contributed by atoms with Gasteiger partial charge in [-0.1, -0.05) is 12.1 Å². The summed E-state index contributed by atoms with van der Waals surface area (Å²) >= 11 is 0. The monoisotopic (exact) mass is 280 g/mol. The highest BCUT2D eigenvalue weighted by molar-refractivity contribution is 5.78. The van der Waals surface area contributed by atoms with E-state index in [2.05, 4.69) is 0 Å². The highest BCUT2D eigenvalue weighted by Gasteiger charge is 2.29. The van der Waals surface area contributed by atoms with Crippen molar-refractivity contribution in [3.05, 3.63) is 30.1 Å². The first kappa shape index (κ1) is 14.8. The number of nitrogens with two attached hydrogens (primary N) is 1. The van der Waals surface area contributed by atoms with Crippen LogP contribution >= 0.6 is 0 Å². The van der Waals surface area contributed by atoms with E-state index in [9.17, 15) is 9.18 Å². The molecule has 1 aromatic rings. The van der Waals surface area contributed by atoms with Gasteiger partial charge in [-0.25, -0.2) is 4.39 Å². The van der Waals surface area contributed by atoms with Gasteiger partial charge in [0, 0.05) is 19.0 Å². The lowest BCUT2D eigenvalue weighted by Crippen LogP contribution is -2.35. The summed E-state index contributed by atoms with van der Waals surface area (Å²) < 4.78 is 18.7. The average Bonchev–Trinajstić information content (AvgIpc) is 2.86. The van der Waals surface area contributed by atoms with E-state index in [1.54, 1.807) is 30.1 Å². The zero-order valence-electron chi connectivity index (χ0n) is 11.7. The molecular formula is C15H21FN2O2. The lowest BCUT2D eigenvalue weighted by Gasteiger charge is -2.21. The molecule has 0 aromatic heterocycles. The second kappa shape index (κ2) is 6.70. The van der Waals surface area contributed by atoms with Crippen LogP contribution in [0.4, 0.5) is 4.39 Å². The van der Waals surface area contributed by atoms with E-state index in [0.29, 0.717) is 6.54 Å². The van der Waals surface area contributed by atoms with Gasteiger partial charge in [-0.15, -0.1) is 0 Å². The molecule has 0 saturated heterocycles. The average molecular weight is 280 g/mol. The molecule has 20 heavy (non-hydrogen) atoms. The molecule has 2 atom stereocenters. The fourth-order valence-corrected chi connectivity index (χ4v) is 2.52. The van der Waals surface area contributed by atoms with Gasteiger partial charge in [0.05, 0.1) is 6.54 Å². The summed E-state index contributed by atoms with van der Waals surface area (Å²) in [7, 11) is 1.75. The number of halogens is 1. The summed E-state index contributed by atoms with van der Waals surface area (Å²) in [4.78, 5) is 13.8. The molecule has 5 heteroatoms. The standard InChI is InChI=1S/C15H21FN2O2/c1-18(15(19)11-6-7-12(17)10-11)8-9-20-14-5-3-2-4-13(14)16/h2-5,11-12H,6-10,17H2,1H3/t11-,12+/m1/s1. The summed E-state index contributed by atoms with van der Waals surface area (Å²) in [6.07, 6.45) is 2.53. The van der Waals surface area contributed by atoms with E-state index in [1.165, 1.54) is 6.07 Å². The second-order valence-electron chi connectivity index (χ2n) is 5.31. The van der Waals surface area contributed by atoms with Gasteiger partial charge in [0.2, 0.25) is 5.91 Å². The van der Waals surface area contributed by atoms with Crippen molar-refractivity contribution < 1.29 is 13.9 Å². The number of hydrogen-bond acceptors (Lipinski definition) is 3. The molecule has 1 aliphatic carbocycles. The Bertz CT molecular complexity index is 467. The maximum atomic E-state index is 13.3. The van der Waals surface area contributed by atoms with Crippen LogP contribution in [0.1, 0.15) is 19.3 Å². The third-order valence-corrected chi connectivity index (χ3v) is 3.72. The fourth-order valence-electron chi connectivity index (χ4n) is 2.52. The van der Waals surface area contributed by atoms with E-state index in [4.69, 9.17) is 10.5 Å². The van der Waals surface area contributed by atoms with Gasteiger partial charge in [-0.05, 0) is 31.4 Å². The topological polar surface area (TPSA) is 55.6 Å². The zero-order valence-corrected chi connectivity index (χ0v) is 11.7. The van der Waals surface area contributed by atoms with Crippen molar-refractivity contribution in [3.8, 4) is 5.75 Å². The van der Waals surface area contributed by atoms with Gasteiger partial charge in [-0.3, -0.25) is 4.79 Å². The number of para-hydroxylation sites is 1. The molecule has 0 radical (unpaired) electrons. The number of likely N-dealkylation sites (N-methyl/N-ethyl adjacent to an activating group) is 1. The van der Waals surface area contributed by atoms with Crippen LogP contribution in [0, 0.1) is 11.7 Å². The molecule has 1 aromatic carbocycles. The predicted octanol–water partition coefficient (Wildman–Crippen LogP) is 1.79. The Morgan fingerprint density at radius 2 is 2.20 bits per heavy atom. The van der Waals surface area contributed by atoms with Crippen LogP contribution in [0.25, 0.3) is 0 Å². The minimum absolute atomic E-state index is 0.0310. The van der Waals surface area contributed by atoms with Crippen molar-refractivity contribution in [2.45, 2.75) is 25.3 Å². The van der Waals surface area contributed by atoms with Crippen molar-refractivity contribution in [1.29, 1.82) is 0 Å². The SMILES string of the molecule is CN(CCOc1ccccc1F)C(=O)[C@@H]1CC[C@H](N)C1. The highest BCUT2D eigenvalue weighted by atomic mass is 19.1. The molecule has 0 aliphatic heterocycles. The second-order valence-corrected chi connectivity index (χ2v) is 5.31. The normalized spacial score (nSPS) is 21.8. The number of ether oxygens (including phenoxy) is 1. The van der Waals surface area contributed by atoms with E-state index in [1.807, 2.05) is 0 Å². The molecule has 1 aliphatic rings. The lowest BCUT2D eigenvalue weighted by molar-refractivity contribution is -0.134. The maximum Gasteiger partial charge on any atom is 0.225 e. The summed E-state index contributed by atoms with van der Waals surface area (Å²) in [5.41, 5.74) is 5.82. The molecular weight excluding hydrogens is 259 g/mol. The number of hydrogen-bond donors (Lipinski definition) is 1. The third kappa shape index (κ3) is 3.70. The van der Waals surface area contributed by atoms with Crippen molar-refractivity contribution in [3.63, 3.8) is 0 Å². The van der Waals surface area contributed by atoms with E-state index in [0.717, 1.165) is 19.3 Å². The third-order valence-electron chi connectivity index (χ3n) is 3.72. The van der Waals surface area contributed by atoms with E-state index in [-0.39, 0.29) is 36.0 Å². The first-order valence-electron chi connectivity index (χ1n) is 6.96. The van der Waals surface area contributed by atoms with Crippen molar-refractivity contribution in [1.82, 2.24) is 4.90 Å². The van der Waals surface area contributed by atoms with Gasteiger partial charge in [0.25, 0.3) is 0 Å². The molecule has 2 N–H and O–H groups in total. The molecule has 2 rings (SSSR count). The van der Waals surface area contributed by atoms with Crippen molar-refractivity contribution in [2.75, 3.05) is 20.2 Å². The Morgan fingerprint density at radius 1 is 1.45 bits per heavy atom. The Hall–Kier alpha value is -1.62. The quantitative estimate of drug-likeness (QED) is 0.894. The molecule has 1 amide bonds. The number of carbonyl (C=O) groups is 1. The van der Waals surface area contributed by atoms with E-state index >= 15 is 0 Å². The van der Waals surface area contributed by atoms with Gasteiger partial charge >= 0.3 is 0 Å². The van der Waals surface area contributed by atoms with Crippen LogP contribution in [0.15, 0.2) is 24.3 Å². The van der Waals surface area contributed by atoms with E-state index < -0.39 is 0 Å². The Kier molecular flexibility index (Phi) is 4.95. The van der Waals surface area contributed by atoms with Crippen LogP contribution in [0.2, 0.25) is 0 Å². The van der Waals surface area contributed by atoms with Crippen LogP contribution in [-0.2, 0) is 4.79 Å². The van der Waals surface area contributed by atoms with Crippen molar-refractivity contribution in [2.24, 2.45) is 11.7 Å². The number of carbonyl (C=O) groups excluding carboxylic acids is 1. The van der Waals surface area contributed by atoms with Crippen molar-refractivity contribution >= 4 is 5.91 Å².